The van der Waals surface area contributed by atoms with Gasteiger partial charge in [-0.15, -0.1) is 0 Å². The minimum absolute atomic E-state index is 0.0970. The quantitative estimate of drug-likeness (QED) is 0.537. The highest BCUT2D eigenvalue weighted by Gasteiger charge is 2.42. The second-order valence-electron chi connectivity index (χ2n) is 6.82. The number of primary amides is 1. The molecule has 0 radical (unpaired) electrons. The van der Waals surface area contributed by atoms with E-state index in [2.05, 4.69) is 13.8 Å². The highest BCUT2D eigenvalue weighted by atomic mass is 31.1. The summed E-state index contributed by atoms with van der Waals surface area (Å²) in [5.41, 5.74) is 7.85. The van der Waals surface area contributed by atoms with Crippen LogP contribution in [-0.4, -0.2) is 27.4 Å². The topological polar surface area (TPSA) is 118 Å². The molecule has 0 fully saturated rings. The van der Waals surface area contributed by atoms with Crippen molar-refractivity contribution in [2.45, 2.75) is 51.3 Å². The SMILES string of the molecule is CC(=Cc1ccccc1C(C)C)CC(O)(P=O)C(CCC(N)=O)C(=O)O. The number of amides is 1. The summed E-state index contributed by atoms with van der Waals surface area (Å²) < 4.78 is 11.6. The van der Waals surface area contributed by atoms with E-state index in [9.17, 15) is 24.4 Å². The maximum atomic E-state index is 11.6. The van der Waals surface area contributed by atoms with Crippen LogP contribution in [0.4, 0.5) is 0 Å². The lowest BCUT2D eigenvalue weighted by Crippen LogP contribution is -2.38. The molecule has 4 N–H and O–H groups in total. The molecule has 0 aromatic heterocycles. The molecule has 0 aliphatic heterocycles. The molecule has 1 aromatic rings. The fraction of sp³-hybridized carbons (Fsp3) is 0.474. The van der Waals surface area contributed by atoms with Gasteiger partial charge in [0.05, 0.1) is 5.92 Å². The number of hydrogen-bond acceptors (Lipinski definition) is 4. The van der Waals surface area contributed by atoms with Crippen molar-refractivity contribution >= 4 is 26.4 Å². The van der Waals surface area contributed by atoms with Crippen LogP contribution in [0.5, 0.6) is 0 Å². The van der Waals surface area contributed by atoms with Gasteiger partial charge < -0.3 is 15.9 Å². The van der Waals surface area contributed by atoms with Gasteiger partial charge in [-0.2, -0.15) is 0 Å². The summed E-state index contributed by atoms with van der Waals surface area (Å²) in [6.07, 6.45) is 1.39. The van der Waals surface area contributed by atoms with Crippen molar-refractivity contribution in [2.24, 2.45) is 11.7 Å². The second kappa shape index (κ2) is 9.60. The Kier molecular flexibility index (Phi) is 8.12. The van der Waals surface area contributed by atoms with Crippen LogP contribution in [0.1, 0.15) is 57.1 Å². The summed E-state index contributed by atoms with van der Waals surface area (Å²) in [6.45, 7) is 5.89. The summed E-state index contributed by atoms with van der Waals surface area (Å²) in [4.78, 5) is 22.5. The van der Waals surface area contributed by atoms with Crippen LogP contribution in [0.15, 0.2) is 29.8 Å². The van der Waals surface area contributed by atoms with E-state index < -0.39 is 31.6 Å². The Labute approximate surface area is 155 Å². The van der Waals surface area contributed by atoms with E-state index >= 15 is 0 Å². The predicted octanol–water partition coefficient (Wildman–Crippen LogP) is 3.55. The van der Waals surface area contributed by atoms with Crippen molar-refractivity contribution in [1.29, 1.82) is 0 Å². The number of aliphatic carboxylic acids is 1. The largest absolute Gasteiger partial charge is 0.481 e. The standard InChI is InChI=1S/C19H26NO5P/c1-12(2)15-7-5-4-6-14(15)10-13(3)11-19(24,26-25)16(18(22)23)8-9-17(20)21/h4-7,10,12,16,24H,8-9,11H2,1-3H3,(H2,20,21)(H,22,23). The number of carbonyl (C=O) groups is 2. The van der Waals surface area contributed by atoms with Gasteiger partial charge in [0.1, 0.15) is 0 Å². The number of carboxylic acid groups (broad SMARTS) is 1. The zero-order valence-electron chi connectivity index (χ0n) is 15.3. The summed E-state index contributed by atoms with van der Waals surface area (Å²) >= 11 is 0. The monoisotopic (exact) mass is 379 g/mol. The average Bonchev–Trinajstić information content (AvgIpc) is 2.54. The predicted molar refractivity (Wildman–Crippen MR) is 101 cm³/mol. The fourth-order valence-electron chi connectivity index (χ4n) is 2.95. The molecular formula is C19H26NO5P. The molecule has 6 nitrogen and oxygen atoms in total. The molecule has 142 valence electrons. The molecule has 0 aliphatic carbocycles. The molecule has 0 saturated carbocycles. The van der Waals surface area contributed by atoms with Crippen LogP contribution in [0, 0.1) is 5.92 Å². The third-order valence-corrected chi connectivity index (χ3v) is 5.04. The molecule has 0 bridgehead atoms. The number of carboxylic acids is 1. The van der Waals surface area contributed by atoms with Crippen LogP contribution in [0.3, 0.4) is 0 Å². The molecule has 0 heterocycles. The van der Waals surface area contributed by atoms with Gasteiger partial charge in [-0.25, -0.2) is 0 Å². The Morgan fingerprint density at radius 3 is 2.42 bits per heavy atom. The lowest BCUT2D eigenvalue weighted by Gasteiger charge is -2.27. The molecule has 2 atom stereocenters. The maximum absolute atomic E-state index is 11.6. The van der Waals surface area contributed by atoms with E-state index in [0.717, 1.165) is 11.1 Å². The van der Waals surface area contributed by atoms with Crippen molar-refractivity contribution in [2.75, 3.05) is 0 Å². The van der Waals surface area contributed by atoms with Crippen LogP contribution in [0.25, 0.3) is 6.08 Å². The first kappa shape index (κ1) is 22.0. The number of rotatable bonds is 10. The van der Waals surface area contributed by atoms with Crippen molar-refractivity contribution in [3.8, 4) is 0 Å². The van der Waals surface area contributed by atoms with Gasteiger partial charge in [0.15, 0.2) is 13.8 Å². The van der Waals surface area contributed by atoms with Crippen LogP contribution in [0.2, 0.25) is 0 Å². The minimum Gasteiger partial charge on any atom is -0.481 e. The molecule has 0 saturated heterocycles. The summed E-state index contributed by atoms with van der Waals surface area (Å²) in [5, 5.41) is 18.1. The minimum atomic E-state index is -2.01. The first-order valence-corrected chi connectivity index (χ1v) is 9.26. The van der Waals surface area contributed by atoms with Gasteiger partial charge in [0, 0.05) is 12.8 Å². The zero-order valence-corrected chi connectivity index (χ0v) is 16.2. The van der Waals surface area contributed by atoms with Crippen molar-refractivity contribution in [3.63, 3.8) is 0 Å². The highest BCUT2D eigenvalue weighted by Crippen LogP contribution is 2.38. The molecule has 7 heteroatoms. The lowest BCUT2D eigenvalue weighted by atomic mass is 9.90. The third-order valence-electron chi connectivity index (χ3n) is 4.25. The van der Waals surface area contributed by atoms with Gasteiger partial charge in [-0.05, 0) is 30.4 Å². The molecule has 1 aromatic carbocycles. The van der Waals surface area contributed by atoms with Gasteiger partial charge in [0.2, 0.25) is 5.91 Å². The van der Waals surface area contributed by atoms with Crippen LogP contribution >= 0.6 is 8.46 Å². The third kappa shape index (κ3) is 6.04. The van der Waals surface area contributed by atoms with E-state index in [0.29, 0.717) is 11.5 Å². The van der Waals surface area contributed by atoms with E-state index in [-0.39, 0.29) is 19.3 Å². The van der Waals surface area contributed by atoms with E-state index in [4.69, 9.17) is 5.73 Å². The molecule has 0 aliphatic rings. The smallest absolute Gasteiger partial charge is 0.310 e. The van der Waals surface area contributed by atoms with Gasteiger partial charge >= 0.3 is 5.97 Å². The Morgan fingerprint density at radius 2 is 1.92 bits per heavy atom. The molecule has 1 amide bonds. The van der Waals surface area contributed by atoms with Gasteiger partial charge in [-0.3, -0.25) is 14.2 Å². The Hall–Kier alpha value is -2.04. The van der Waals surface area contributed by atoms with E-state index in [1.165, 1.54) is 0 Å². The Morgan fingerprint density at radius 1 is 1.31 bits per heavy atom. The van der Waals surface area contributed by atoms with Crippen LogP contribution < -0.4 is 5.73 Å². The normalized spacial score (nSPS) is 15.7. The molecule has 0 spiro atoms. The van der Waals surface area contributed by atoms with Gasteiger partial charge in [-0.1, -0.05) is 49.8 Å². The Balaban J connectivity index is 3.12. The number of benzene rings is 1. The molecule has 26 heavy (non-hydrogen) atoms. The van der Waals surface area contributed by atoms with Crippen molar-refractivity contribution in [3.05, 3.63) is 41.0 Å². The summed E-state index contributed by atoms with van der Waals surface area (Å²) in [5.74, 6) is -3.04. The van der Waals surface area contributed by atoms with E-state index in [1.807, 2.05) is 30.3 Å². The first-order valence-electron chi connectivity index (χ1n) is 8.44. The van der Waals surface area contributed by atoms with Crippen molar-refractivity contribution in [1.82, 2.24) is 0 Å². The summed E-state index contributed by atoms with van der Waals surface area (Å²) in [6, 6.07) is 7.79. The number of hydrogen-bond donors (Lipinski definition) is 3. The number of nitrogens with two attached hydrogens (primary N) is 1. The highest BCUT2D eigenvalue weighted by molar-refractivity contribution is 7.25. The summed E-state index contributed by atoms with van der Waals surface area (Å²) in [7, 11) is -0.701. The van der Waals surface area contributed by atoms with Crippen molar-refractivity contribution < 1.29 is 24.4 Å². The molecule has 2 unspecified atom stereocenters. The first-order chi connectivity index (χ1) is 12.1. The second-order valence-corrected chi connectivity index (χ2v) is 7.77. The molecular weight excluding hydrogens is 353 g/mol. The Bertz CT molecular complexity index is 701. The average molecular weight is 379 g/mol. The zero-order chi connectivity index (χ0) is 19.9. The van der Waals surface area contributed by atoms with E-state index in [1.54, 1.807) is 6.92 Å². The van der Waals surface area contributed by atoms with Crippen LogP contribution in [-0.2, 0) is 14.2 Å². The van der Waals surface area contributed by atoms with Gasteiger partial charge in [0.25, 0.3) is 0 Å². The maximum Gasteiger partial charge on any atom is 0.310 e. The number of carbonyl (C=O) groups excluding carboxylic acids is 1. The molecule has 1 rings (SSSR count). The fourth-order valence-corrected chi connectivity index (χ4v) is 3.63. The lowest BCUT2D eigenvalue weighted by molar-refractivity contribution is -0.147. The number of aliphatic hydroxyl groups is 1.